The lowest BCUT2D eigenvalue weighted by atomic mass is 10.1. The van der Waals surface area contributed by atoms with Crippen LogP contribution in [0.25, 0.3) is 0 Å². The quantitative estimate of drug-likeness (QED) is 0.771. The van der Waals surface area contributed by atoms with Crippen molar-refractivity contribution in [2.75, 3.05) is 17.0 Å². The summed E-state index contributed by atoms with van der Waals surface area (Å²) in [5.41, 5.74) is 1.57. The van der Waals surface area contributed by atoms with Gasteiger partial charge in [0, 0.05) is 12.2 Å². The summed E-state index contributed by atoms with van der Waals surface area (Å²) in [6.45, 7) is 8.28. The van der Waals surface area contributed by atoms with E-state index in [0.29, 0.717) is 18.2 Å². The molecular formula is C16H26N2O3S. The van der Waals surface area contributed by atoms with Gasteiger partial charge in [0.2, 0.25) is 15.9 Å². The molecule has 0 heterocycles. The minimum Gasteiger partial charge on any atom is -0.356 e. The lowest BCUT2D eigenvalue weighted by Crippen LogP contribution is -2.35. The van der Waals surface area contributed by atoms with Crippen molar-refractivity contribution in [3.05, 3.63) is 29.8 Å². The summed E-state index contributed by atoms with van der Waals surface area (Å²) in [5, 5.41) is 2.78. The van der Waals surface area contributed by atoms with Crippen molar-refractivity contribution < 1.29 is 13.2 Å². The summed E-state index contributed by atoms with van der Waals surface area (Å²) >= 11 is 0. The van der Waals surface area contributed by atoms with Crippen LogP contribution in [-0.2, 0) is 14.8 Å². The van der Waals surface area contributed by atoms with Crippen molar-refractivity contribution in [3.8, 4) is 0 Å². The Kier molecular flexibility index (Phi) is 6.87. The number of rotatable bonds is 8. The number of aryl methyl sites for hydroxylation is 1. The summed E-state index contributed by atoms with van der Waals surface area (Å²) in [7, 11) is -3.54. The normalized spacial score (nSPS) is 13.0. The Bertz CT molecular complexity index is 580. The monoisotopic (exact) mass is 326 g/mol. The van der Waals surface area contributed by atoms with Gasteiger partial charge in [-0.25, -0.2) is 8.42 Å². The molecule has 1 unspecified atom stereocenters. The van der Waals surface area contributed by atoms with Crippen LogP contribution in [0.15, 0.2) is 24.3 Å². The van der Waals surface area contributed by atoms with E-state index in [1.807, 2.05) is 19.1 Å². The van der Waals surface area contributed by atoms with Crippen LogP contribution in [0.4, 0.5) is 5.69 Å². The van der Waals surface area contributed by atoms with Gasteiger partial charge in [0.25, 0.3) is 0 Å². The highest BCUT2D eigenvalue weighted by Gasteiger charge is 2.21. The molecule has 0 spiro atoms. The number of anilines is 1. The van der Waals surface area contributed by atoms with E-state index in [2.05, 4.69) is 23.9 Å². The fourth-order valence-corrected chi connectivity index (χ4v) is 3.29. The fourth-order valence-electron chi connectivity index (χ4n) is 1.91. The molecule has 0 aliphatic heterocycles. The Labute approximate surface area is 133 Å². The van der Waals surface area contributed by atoms with Crippen LogP contribution in [0.5, 0.6) is 0 Å². The first-order valence-electron chi connectivity index (χ1n) is 7.54. The lowest BCUT2D eigenvalue weighted by Gasteiger charge is -2.14. The van der Waals surface area contributed by atoms with Gasteiger partial charge >= 0.3 is 0 Å². The molecule has 1 aromatic rings. The molecule has 0 aliphatic rings. The molecule has 1 amide bonds. The first-order chi connectivity index (χ1) is 10.2. The third-order valence-corrected chi connectivity index (χ3v) is 4.75. The van der Waals surface area contributed by atoms with Crippen LogP contribution in [-0.4, -0.2) is 26.6 Å². The second-order valence-electron chi connectivity index (χ2n) is 6.12. The molecule has 0 fully saturated rings. The van der Waals surface area contributed by atoms with E-state index in [1.54, 1.807) is 19.1 Å². The second-order valence-corrected chi connectivity index (χ2v) is 7.89. The highest BCUT2D eigenvalue weighted by Crippen LogP contribution is 2.12. The molecule has 0 saturated carbocycles. The maximum atomic E-state index is 12.1. The van der Waals surface area contributed by atoms with Gasteiger partial charge in [0.05, 0.1) is 11.7 Å². The number of amides is 1. The van der Waals surface area contributed by atoms with Gasteiger partial charge in [-0.2, -0.15) is 0 Å². The van der Waals surface area contributed by atoms with Crippen LogP contribution in [0.3, 0.4) is 0 Å². The van der Waals surface area contributed by atoms with E-state index in [-0.39, 0.29) is 11.7 Å². The Morgan fingerprint density at radius 1 is 1.14 bits per heavy atom. The average molecular weight is 326 g/mol. The van der Waals surface area contributed by atoms with Gasteiger partial charge in [-0.3, -0.25) is 9.52 Å². The zero-order chi connectivity index (χ0) is 16.8. The summed E-state index contributed by atoms with van der Waals surface area (Å²) in [4.78, 5) is 11.9. The number of benzene rings is 1. The molecule has 0 radical (unpaired) electrons. The largest absolute Gasteiger partial charge is 0.356 e. The minimum atomic E-state index is -3.54. The number of sulfonamides is 1. The zero-order valence-corrected chi connectivity index (χ0v) is 14.5. The van der Waals surface area contributed by atoms with E-state index >= 15 is 0 Å². The molecule has 1 atom stereocenters. The van der Waals surface area contributed by atoms with E-state index < -0.39 is 15.9 Å². The molecule has 6 heteroatoms. The number of nitrogens with one attached hydrogen (secondary N) is 2. The molecule has 0 bridgehead atoms. The van der Waals surface area contributed by atoms with Crippen molar-refractivity contribution in [1.82, 2.24) is 5.32 Å². The average Bonchev–Trinajstić information content (AvgIpc) is 2.40. The van der Waals surface area contributed by atoms with Gasteiger partial charge < -0.3 is 5.32 Å². The first kappa shape index (κ1) is 18.5. The van der Waals surface area contributed by atoms with Crippen molar-refractivity contribution in [2.45, 2.75) is 34.1 Å². The molecule has 0 aromatic heterocycles. The van der Waals surface area contributed by atoms with E-state index in [4.69, 9.17) is 0 Å². The topological polar surface area (TPSA) is 75.3 Å². The highest BCUT2D eigenvalue weighted by molar-refractivity contribution is 7.92. The number of hydrogen-bond donors (Lipinski definition) is 2. The number of carbonyl (C=O) groups excluding carboxylic acids is 1. The van der Waals surface area contributed by atoms with Crippen molar-refractivity contribution in [3.63, 3.8) is 0 Å². The van der Waals surface area contributed by atoms with Crippen LogP contribution in [0.1, 0.15) is 32.8 Å². The van der Waals surface area contributed by atoms with Crippen molar-refractivity contribution in [2.24, 2.45) is 11.8 Å². The van der Waals surface area contributed by atoms with E-state index in [9.17, 15) is 13.2 Å². The summed E-state index contributed by atoms with van der Waals surface area (Å²) < 4.78 is 26.7. The summed E-state index contributed by atoms with van der Waals surface area (Å²) in [5.74, 6) is -0.540. The summed E-state index contributed by atoms with van der Waals surface area (Å²) in [6.07, 6.45) is 0.882. The van der Waals surface area contributed by atoms with Crippen LogP contribution < -0.4 is 10.0 Å². The lowest BCUT2D eigenvalue weighted by molar-refractivity contribution is -0.123. The molecule has 1 rings (SSSR count). The molecule has 2 N–H and O–H groups in total. The van der Waals surface area contributed by atoms with Gasteiger partial charge in [-0.05, 0) is 31.4 Å². The van der Waals surface area contributed by atoms with Crippen molar-refractivity contribution >= 4 is 21.6 Å². The second kappa shape index (κ2) is 8.17. The smallest absolute Gasteiger partial charge is 0.233 e. The molecule has 1 aromatic carbocycles. The van der Waals surface area contributed by atoms with Crippen LogP contribution >= 0.6 is 0 Å². The zero-order valence-electron chi connectivity index (χ0n) is 13.7. The predicted molar refractivity (Wildman–Crippen MR) is 90.2 cm³/mol. The number of carbonyl (C=O) groups is 1. The molecule has 22 heavy (non-hydrogen) atoms. The Hall–Kier alpha value is -1.56. The predicted octanol–water partition coefficient (Wildman–Crippen LogP) is 2.54. The molecule has 0 saturated heterocycles. The SMILES string of the molecule is Cc1ccc(NS(=O)(=O)CC(C)C(=O)NCCC(C)C)cc1. The minimum absolute atomic E-state index is 0.227. The van der Waals surface area contributed by atoms with E-state index in [1.165, 1.54) is 0 Å². The third kappa shape index (κ3) is 6.93. The van der Waals surface area contributed by atoms with Gasteiger partial charge in [0.15, 0.2) is 0 Å². The maximum absolute atomic E-state index is 12.1. The van der Waals surface area contributed by atoms with Gasteiger partial charge in [-0.1, -0.05) is 38.5 Å². The third-order valence-electron chi connectivity index (χ3n) is 3.26. The Morgan fingerprint density at radius 3 is 2.27 bits per heavy atom. The Morgan fingerprint density at radius 2 is 1.73 bits per heavy atom. The molecule has 0 aliphatic carbocycles. The van der Waals surface area contributed by atoms with Crippen molar-refractivity contribution in [1.29, 1.82) is 0 Å². The number of hydrogen-bond acceptors (Lipinski definition) is 3. The van der Waals surface area contributed by atoms with Crippen LogP contribution in [0, 0.1) is 18.8 Å². The summed E-state index contributed by atoms with van der Waals surface area (Å²) in [6, 6.07) is 7.08. The first-order valence-corrected chi connectivity index (χ1v) is 9.19. The molecule has 5 nitrogen and oxygen atoms in total. The molecule has 124 valence electrons. The van der Waals surface area contributed by atoms with E-state index in [0.717, 1.165) is 12.0 Å². The maximum Gasteiger partial charge on any atom is 0.233 e. The standard InChI is InChI=1S/C16H26N2O3S/c1-12(2)9-10-17-16(19)14(4)11-22(20,21)18-15-7-5-13(3)6-8-15/h5-8,12,14,18H,9-11H2,1-4H3,(H,17,19). The van der Waals surface area contributed by atoms with Gasteiger partial charge in [0.1, 0.15) is 0 Å². The van der Waals surface area contributed by atoms with Crippen LogP contribution in [0.2, 0.25) is 0 Å². The van der Waals surface area contributed by atoms with Gasteiger partial charge in [-0.15, -0.1) is 0 Å². The fraction of sp³-hybridized carbons (Fsp3) is 0.562. The Balaban J connectivity index is 2.52. The highest BCUT2D eigenvalue weighted by atomic mass is 32.2. The molecular weight excluding hydrogens is 300 g/mol.